The molecule has 34 heavy (non-hydrogen) atoms. The van der Waals surface area contributed by atoms with Crippen molar-refractivity contribution in [2.24, 2.45) is 0 Å². The third-order valence-corrected chi connectivity index (χ3v) is 5.36. The number of carbonyl (C=O) groups excluding carboxylic acids is 2. The molecule has 0 aliphatic carbocycles. The molecule has 1 saturated heterocycles. The van der Waals surface area contributed by atoms with Crippen LogP contribution in [0.15, 0.2) is 66.9 Å². The zero-order chi connectivity index (χ0) is 24.5. The van der Waals surface area contributed by atoms with Gasteiger partial charge in [0, 0.05) is 18.2 Å². The first kappa shape index (κ1) is 23.1. The van der Waals surface area contributed by atoms with Gasteiger partial charge in [0.25, 0.3) is 5.91 Å². The van der Waals surface area contributed by atoms with Crippen LogP contribution in [0.2, 0.25) is 0 Å². The third-order valence-electron chi connectivity index (χ3n) is 5.36. The fourth-order valence-electron chi connectivity index (χ4n) is 3.75. The van der Waals surface area contributed by atoms with Crippen LogP contribution in [0, 0.1) is 0 Å². The van der Waals surface area contributed by atoms with E-state index in [-0.39, 0.29) is 12.1 Å². The lowest BCUT2D eigenvalue weighted by molar-refractivity contribution is -0.274. The maximum absolute atomic E-state index is 13.2. The summed E-state index contributed by atoms with van der Waals surface area (Å²) in [5.41, 5.74) is 1.20. The quantitative estimate of drug-likeness (QED) is 0.527. The van der Waals surface area contributed by atoms with Crippen LogP contribution in [-0.4, -0.2) is 35.9 Å². The third kappa shape index (κ3) is 4.80. The van der Waals surface area contributed by atoms with Gasteiger partial charge in [0.15, 0.2) is 0 Å². The van der Waals surface area contributed by atoms with Crippen molar-refractivity contribution in [3.05, 3.63) is 72.4 Å². The standard InChI is InChI=1S/C24H20F3N3O4/c1-23(14-15-11-12-28-20(13-15)16-3-7-18(33-2)8-4-16)21(31)30(22(32)29-23)17-5-9-19(10-6-17)34-24(25,26)27/h3-13H,14H2,1-2H3,(H,29,32). The second-order valence-electron chi connectivity index (χ2n) is 7.90. The Bertz CT molecular complexity index is 1210. The van der Waals surface area contributed by atoms with Crippen molar-refractivity contribution in [1.82, 2.24) is 10.3 Å². The fraction of sp³-hybridized carbons (Fsp3) is 0.208. The Hall–Kier alpha value is -4.08. The summed E-state index contributed by atoms with van der Waals surface area (Å²) in [6, 6.07) is 14.8. The average Bonchev–Trinajstić information content (AvgIpc) is 3.01. The summed E-state index contributed by atoms with van der Waals surface area (Å²) in [7, 11) is 1.58. The van der Waals surface area contributed by atoms with Gasteiger partial charge in [-0.3, -0.25) is 9.78 Å². The van der Waals surface area contributed by atoms with Gasteiger partial charge in [-0.1, -0.05) is 0 Å². The number of imide groups is 1. The van der Waals surface area contributed by atoms with Crippen LogP contribution >= 0.6 is 0 Å². The summed E-state index contributed by atoms with van der Waals surface area (Å²) >= 11 is 0. The molecule has 3 aromatic rings. The highest BCUT2D eigenvalue weighted by Gasteiger charge is 2.48. The van der Waals surface area contributed by atoms with Crippen LogP contribution in [0.1, 0.15) is 12.5 Å². The van der Waals surface area contributed by atoms with E-state index in [2.05, 4.69) is 15.0 Å². The predicted molar refractivity (Wildman–Crippen MR) is 117 cm³/mol. The second kappa shape index (κ2) is 8.69. The lowest BCUT2D eigenvalue weighted by Crippen LogP contribution is -2.46. The Kier molecular flexibility index (Phi) is 5.90. The number of nitrogens with one attached hydrogen (secondary N) is 1. The molecule has 1 N–H and O–H groups in total. The van der Waals surface area contributed by atoms with Crippen molar-refractivity contribution in [2.75, 3.05) is 12.0 Å². The molecule has 10 heteroatoms. The van der Waals surface area contributed by atoms with Gasteiger partial charge < -0.3 is 14.8 Å². The van der Waals surface area contributed by atoms with Crippen LogP contribution in [0.25, 0.3) is 11.3 Å². The molecule has 0 spiro atoms. The number of benzene rings is 2. The van der Waals surface area contributed by atoms with Crippen LogP contribution in [0.5, 0.6) is 11.5 Å². The first-order valence-electron chi connectivity index (χ1n) is 10.2. The number of alkyl halides is 3. The van der Waals surface area contributed by atoms with Gasteiger partial charge >= 0.3 is 12.4 Å². The summed E-state index contributed by atoms with van der Waals surface area (Å²) in [6.07, 6.45) is -3.03. The molecule has 176 valence electrons. The smallest absolute Gasteiger partial charge is 0.497 e. The molecule has 4 rings (SSSR count). The van der Waals surface area contributed by atoms with Gasteiger partial charge in [0.2, 0.25) is 0 Å². The minimum atomic E-state index is -4.84. The van der Waals surface area contributed by atoms with Crippen molar-refractivity contribution in [3.8, 4) is 22.8 Å². The van der Waals surface area contributed by atoms with E-state index in [1.54, 1.807) is 26.3 Å². The lowest BCUT2D eigenvalue weighted by atomic mass is 9.92. The van der Waals surface area contributed by atoms with Gasteiger partial charge in [-0.15, -0.1) is 13.2 Å². The molecule has 1 aliphatic heterocycles. The number of hydrogen-bond acceptors (Lipinski definition) is 5. The summed E-state index contributed by atoms with van der Waals surface area (Å²) < 4.78 is 46.2. The first-order chi connectivity index (χ1) is 16.1. The molecule has 1 atom stereocenters. The highest BCUT2D eigenvalue weighted by atomic mass is 19.4. The molecule has 7 nitrogen and oxygen atoms in total. The maximum atomic E-state index is 13.2. The Morgan fingerprint density at radius 2 is 1.65 bits per heavy atom. The molecule has 2 heterocycles. The molecule has 3 amide bonds. The Balaban J connectivity index is 1.53. The van der Waals surface area contributed by atoms with Crippen LogP contribution < -0.4 is 19.7 Å². The molecule has 2 aromatic carbocycles. The minimum absolute atomic E-state index is 0.134. The number of urea groups is 1. The van der Waals surface area contributed by atoms with Crippen molar-refractivity contribution in [2.45, 2.75) is 25.2 Å². The van der Waals surface area contributed by atoms with E-state index in [0.29, 0.717) is 11.4 Å². The van der Waals surface area contributed by atoms with Crippen LogP contribution in [0.3, 0.4) is 0 Å². The average molecular weight is 471 g/mol. The SMILES string of the molecule is COc1ccc(-c2cc(CC3(C)NC(=O)N(c4ccc(OC(F)(F)F)cc4)C3=O)ccn2)cc1. The number of hydrogen-bond donors (Lipinski definition) is 1. The molecular weight excluding hydrogens is 451 g/mol. The minimum Gasteiger partial charge on any atom is -0.497 e. The highest BCUT2D eigenvalue weighted by Crippen LogP contribution is 2.31. The molecule has 1 aromatic heterocycles. The number of rotatable bonds is 6. The number of nitrogens with zero attached hydrogens (tertiary/aromatic N) is 2. The Labute approximate surface area is 193 Å². The zero-order valence-electron chi connectivity index (χ0n) is 18.2. The molecular formula is C24H20F3N3O4. The number of amides is 3. The van der Waals surface area contributed by atoms with Gasteiger partial charge in [0.05, 0.1) is 18.5 Å². The van der Waals surface area contributed by atoms with Gasteiger partial charge in [-0.05, 0) is 73.2 Å². The number of aromatic nitrogens is 1. The van der Waals surface area contributed by atoms with E-state index in [1.807, 2.05) is 30.3 Å². The number of ether oxygens (including phenoxy) is 2. The van der Waals surface area contributed by atoms with Crippen LogP contribution in [-0.2, 0) is 11.2 Å². The molecule has 1 aliphatic rings. The zero-order valence-corrected chi connectivity index (χ0v) is 18.2. The number of pyridine rings is 1. The van der Waals surface area contributed by atoms with Crippen molar-refractivity contribution in [1.29, 1.82) is 0 Å². The van der Waals surface area contributed by atoms with E-state index in [4.69, 9.17) is 4.74 Å². The predicted octanol–water partition coefficient (Wildman–Crippen LogP) is 4.71. The van der Waals surface area contributed by atoms with Crippen LogP contribution in [0.4, 0.5) is 23.7 Å². The topological polar surface area (TPSA) is 80.8 Å². The van der Waals surface area contributed by atoms with Gasteiger partial charge in [0.1, 0.15) is 17.0 Å². The number of methoxy groups -OCH3 is 1. The number of carbonyl (C=O) groups is 2. The monoisotopic (exact) mass is 471 g/mol. The largest absolute Gasteiger partial charge is 0.573 e. The van der Waals surface area contributed by atoms with E-state index >= 15 is 0 Å². The summed E-state index contributed by atoms with van der Waals surface area (Å²) in [6.45, 7) is 1.60. The number of halogens is 3. The summed E-state index contributed by atoms with van der Waals surface area (Å²) in [4.78, 5) is 31.1. The Morgan fingerprint density at radius 3 is 2.26 bits per heavy atom. The summed E-state index contributed by atoms with van der Waals surface area (Å²) in [5.74, 6) is -0.261. The molecule has 0 saturated carbocycles. The summed E-state index contributed by atoms with van der Waals surface area (Å²) in [5, 5.41) is 2.69. The number of anilines is 1. The molecule has 1 unspecified atom stereocenters. The Morgan fingerprint density at radius 1 is 1.00 bits per heavy atom. The van der Waals surface area contributed by atoms with Gasteiger partial charge in [-0.2, -0.15) is 0 Å². The molecule has 0 bridgehead atoms. The highest BCUT2D eigenvalue weighted by molar-refractivity contribution is 6.23. The van der Waals surface area contributed by atoms with E-state index < -0.39 is 29.6 Å². The van der Waals surface area contributed by atoms with E-state index in [9.17, 15) is 22.8 Å². The fourth-order valence-corrected chi connectivity index (χ4v) is 3.75. The normalized spacial score (nSPS) is 18.1. The van der Waals surface area contributed by atoms with Crippen molar-refractivity contribution in [3.63, 3.8) is 0 Å². The van der Waals surface area contributed by atoms with Crippen molar-refractivity contribution < 1.29 is 32.2 Å². The first-order valence-corrected chi connectivity index (χ1v) is 10.2. The van der Waals surface area contributed by atoms with E-state index in [1.165, 1.54) is 12.1 Å². The molecule has 0 radical (unpaired) electrons. The lowest BCUT2D eigenvalue weighted by Gasteiger charge is -2.22. The maximum Gasteiger partial charge on any atom is 0.573 e. The van der Waals surface area contributed by atoms with Gasteiger partial charge in [-0.25, -0.2) is 9.69 Å². The molecule has 1 fully saturated rings. The van der Waals surface area contributed by atoms with E-state index in [0.717, 1.165) is 28.2 Å². The van der Waals surface area contributed by atoms with Crippen molar-refractivity contribution >= 4 is 17.6 Å². The second-order valence-corrected chi connectivity index (χ2v) is 7.90.